The van der Waals surface area contributed by atoms with Crippen molar-refractivity contribution in [1.29, 1.82) is 0 Å². The average molecular weight is 481 g/mol. The van der Waals surface area contributed by atoms with E-state index in [0.717, 1.165) is 11.1 Å². The smallest absolute Gasteiger partial charge is 0.258 e. The Morgan fingerprint density at radius 1 is 0.971 bits per heavy atom. The normalized spacial score (nSPS) is 14.6. The predicted molar refractivity (Wildman–Crippen MR) is 129 cm³/mol. The molecular weight excluding hydrogens is 452 g/mol. The Morgan fingerprint density at radius 2 is 1.56 bits per heavy atom. The minimum Gasteiger partial charge on any atom is -0.484 e. The van der Waals surface area contributed by atoms with Crippen molar-refractivity contribution in [1.82, 2.24) is 9.62 Å². The van der Waals surface area contributed by atoms with E-state index in [4.69, 9.17) is 9.47 Å². The van der Waals surface area contributed by atoms with E-state index >= 15 is 0 Å². The highest BCUT2D eigenvalue weighted by molar-refractivity contribution is 7.89. The summed E-state index contributed by atoms with van der Waals surface area (Å²) < 4.78 is 38.2. The Balaban J connectivity index is 1.43. The Kier molecular flexibility index (Phi) is 7.62. The van der Waals surface area contributed by atoms with Crippen molar-refractivity contribution in [2.75, 3.05) is 32.9 Å². The molecule has 1 aliphatic rings. The molecule has 7 nitrogen and oxygen atoms in total. The van der Waals surface area contributed by atoms with Crippen LogP contribution in [0.1, 0.15) is 22.7 Å². The van der Waals surface area contributed by atoms with Gasteiger partial charge in [0.1, 0.15) is 5.75 Å². The van der Waals surface area contributed by atoms with Gasteiger partial charge in [0.2, 0.25) is 10.0 Å². The van der Waals surface area contributed by atoms with Gasteiger partial charge in [-0.2, -0.15) is 4.31 Å². The molecule has 0 bridgehead atoms. The molecule has 1 aliphatic heterocycles. The van der Waals surface area contributed by atoms with Crippen molar-refractivity contribution in [3.8, 4) is 5.75 Å². The Hall–Kier alpha value is -3.20. The maximum atomic E-state index is 12.9. The number of carbonyl (C=O) groups is 1. The number of benzene rings is 3. The van der Waals surface area contributed by atoms with Gasteiger partial charge in [-0.1, -0.05) is 60.7 Å². The third-order valence-electron chi connectivity index (χ3n) is 5.68. The summed E-state index contributed by atoms with van der Waals surface area (Å²) in [5.41, 5.74) is 2.58. The number of morpholine rings is 1. The van der Waals surface area contributed by atoms with Gasteiger partial charge in [-0.05, 0) is 41.8 Å². The lowest BCUT2D eigenvalue weighted by atomic mass is 9.99. The second-order valence-electron chi connectivity index (χ2n) is 8.05. The lowest BCUT2D eigenvalue weighted by molar-refractivity contribution is -0.123. The van der Waals surface area contributed by atoms with Gasteiger partial charge >= 0.3 is 0 Å². The number of carbonyl (C=O) groups excluding carboxylic acids is 1. The van der Waals surface area contributed by atoms with E-state index in [9.17, 15) is 13.2 Å². The van der Waals surface area contributed by atoms with E-state index in [0.29, 0.717) is 37.6 Å². The summed E-state index contributed by atoms with van der Waals surface area (Å²) in [4.78, 5) is 13.0. The summed E-state index contributed by atoms with van der Waals surface area (Å²) in [5.74, 6) is 0.189. The third-order valence-corrected chi connectivity index (χ3v) is 7.58. The number of rotatable bonds is 8. The molecule has 0 saturated carbocycles. The second-order valence-corrected chi connectivity index (χ2v) is 9.99. The standard InChI is InChI=1S/C26H28N2O5S/c1-20-18-23(34(30,31)28-14-16-32-17-15-28)12-13-24(20)33-19-25(29)27-26(21-8-4-2-5-9-21)22-10-6-3-7-11-22/h2-13,18,26H,14-17,19H2,1H3,(H,27,29). The molecule has 1 N–H and O–H groups in total. The summed E-state index contributed by atoms with van der Waals surface area (Å²) in [5, 5.41) is 3.04. The first-order valence-electron chi connectivity index (χ1n) is 11.2. The van der Waals surface area contributed by atoms with Gasteiger partial charge in [0.15, 0.2) is 6.61 Å². The molecule has 4 rings (SSSR count). The molecular formula is C26H28N2O5S. The number of nitrogens with one attached hydrogen (secondary N) is 1. The number of nitrogens with zero attached hydrogens (tertiary/aromatic N) is 1. The molecule has 3 aromatic rings. The summed E-state index contributed by atoms with van der Waals surface area (Å²) in [7, 11) is -3.59. The van der Waals surface area contributed by atoms with Crippen LogP contribution in [0.3, 0.4) is 0 Å². The number of amides is 1. The van der Waals surface area contributed by atoms with Gasteiger partial charge in [0.05, 0.1) is 24.2 Å². The van der Waals surface area contributed by atoms with Gasteiger partial charge in [-0.25, -0.2) is 8.42 Å². The Morgan fingerprint density at radius 3 is 2.12 bits per heavy atom. The first-order chi connectivity index (χ1) is 16.4. The predicted octanol–water partition coefficient (Wildman–Crippen LogP) is 3.30. The van der Waals surface area contributed by atoms with E-state index in [1.807, 2.05) is 60.7 Å². The van der Waals surface area contributed by atoms with Crippen LogP contribution in [0.2, 0.25) is 0 Å². The minimum absolute atomic E-state index is 0.188. The van der Waals surface area contributed by atoms with E-state index in [2.05, 4.69) is 5.32 Å². The summed E-state index contributed by atoms with van der Waals surface area (Å²) >= 11 is 0. The zero-order chi connectivity index (χ0) is 24.0. The van der Waals surface area contributed by atoms with Crippen molar-refractivity contribution in [2.24, 2.45) is 0 Å². The SMILES string of the molecule is Cc1cc(S(=O)(=O)N2CCOCC2)ccc1OCC(=O)NC(c1ccccc1)c1ccccc1. The molecule has 0 radical (unpaired) electrons. The molecule has 34 heavy (non-hydrogen) atoms. The quantitative estimate of drug-likeness (QED) is 0.535. The summed E-state index contributed by atoms with van der Waals surface area (Å²) in [6.07, 6.45) is 0. The largest absolute Gasteiger partial charge is 0.484 e. The first-order valence-corrected chi connectivity index (χ1v) is 12.6. The number of ether oxygens (including phenoxy) is 2. The molecule has 178 valence electrons. The molecule has 0 atom stereocenters. The van der Waals surface area contributed by atoms with Crippen LogP contribution in [0.4, 0.5) is 0 Å². The zero-order valence-electron chi connectivity index (χ0n) is 19.0. The number of hydrogen-bond acceptors (Lipinski definition) is 5. The average Bonchev–Trinajstić information content (AvgIpc) is 2.88. The summed E-state index contributed by atoms with van der Waals surface area (Å²) in [6.45, 7) is 3.03. The lowest BCUT2D eigenvalue weighted by Gasteiger charge is -2.26. The van der Waals surface area contributed by atoms with E-state index in [-0.39, 0.29) is 23.5 Å². The topological polar surface area (TPSA) is 84.9 Å². The number of sulfonamides is 1. The number of aryl methyl sites for hydroxylation is 1. The highest BCUT2D eigenvalue weighted by atomic mass is 32.2. The van der Waals surface area contributed by atoms with Crippen LogP contribution in [-0.2, 0) is 19.6 Å². The van der Waals surface area contributed by atoms with Crippen LogP contribution >= 0.6 is 0 Å². The maximum Gasteiger partial charge on any atom is 0.258 e. The van der Waals surface area contributed by atoms with Gasteiger partial charge in [0.25, 0.3) is 5.91 Å². The van der Waals surface area contributed by atoms with Crippen molar-refractivity contribution >= 4 is 15.9 Å². The molecule has 3 aromatic carbocycles. The molecule has 1 amide bonds. The van der Waals surface area contributed by atoms with Crippen molar-refractivity contribution in [3.63, 3.8) is 0 Å². The van der Waals surface area contributed by atoms with Crippen LogP contribution in [0.25, 0.3) is 0 Å². The maximum absolute atomic E-state index is 12.9. The minimum atomic E-state index is -3.59. The lowest BCUT2D eigenvalue weighted by Crippen LogP contribution is -2.40. The first kappa shape index (κ1) is 23.9. The van der Waals surface area contributed by atoms with Gasteiger partial charge in [-0.3, -0.25) is 4.79 Å². The van der Waals surface area contributed by atoms with Crippen molar-refractivity contribution in [3.05, 3.63) is 95.6 Å². The van der Waals surface area contributed by atoms with Gasteiger partial charge in [0, 0.05) is 13.1 Å². The van der Waals surface area contributed by atoms with E-state index in [1.165, 1.54) is 10.4 Å². The third kappa shape index (κ3) is 5.64. The Labute approximate surface area is 200 Å². The molecule has 1 heterocycles. The molecule has 1 fully saturated rings. The highest BCUT2D eigenvalue weighted by Gasteiger charge is 2.27. The highest BCUT2D eigenvalue weighted by Crippen LogP contribution is 2.25. The van der Waals surface area contributed by atoms with Gasteiger partial charge in [-0.15, -0.1) is 0 Å². The molecule has 8 heteroatoms. The fourth-order valence-corrected chi connectivity index (χ4v) is 5.37. The number of hydrogen-bond donors (Lipinski definition) is 1. The second kappa shape index (κ2) is 10.8. The molecule has 0 spiro atoms. The molecule has 0 aromatic heterocycles. The summed E-state index contributed by atoms with van der Waals surface area (Å²) in [6, 6.07) is 23.9. The molecule has 0 aliphatic carbocycles. The van der Waals surface area contributed by atoms with E-state index in [1.54, 1.807) is 19.1 Å². The monoisotopic (exact) mass is 480 g/mol. The zero-order valence-corrected chi connectivity index (χ0v) is 19.8. The van der Waals surface area contributed by atoms with Crippen LogP contribution in [-0.4, -0.2) is 51.5 Å². The van der Waals surface area contributed by atoms with Crippen LogP contribution < -0.4 is 10.1 Å². The van der Waals surface area contributed by atoms with Crippen molar-refractivity contribution < 1.29 is 22.7 Å². The van der Waals surface area contributed by atoms with Crippen LogP contribution in [0.15, 0.2) is 83.8 Å². The van der Waals surface area contributed by atoms with E-state index < -0.39 is 10.0 Å². The molecule has 1 saturated heterocycles. The van der Waals surface area contributed by atoms with Crippen molar-refractivity contribution in [2.45, 2.75) is 17.9 Å². The fourth-order valence-electron chi connectivity index (χ4n) is 3.88. The van der Waals surface area contributed by atoms with Gasteiger partial charge < -0.3 is 14.8 Å². The van der Waals surface area contributed by atoms with Crippen LogP contribution in [0, 0.1) is 6.92 Å². The fraction of sp³-hybridized carbons (Fsp3) is 0.269. The Bertz CT molecular complexity index is 1170. The molecule has 0 unspecified atom stereocenters. The van der Waals surface area contributed by atoms with Crippen LogP contribution in [0.5, 0.6) is 5.75 Å².